The molecule has 1 atom stereocenters. The van der Waals surface area contributed by atoms with Crippen molar-refractivity contribution in [1.29, 1.82) is 0 Å². The monoisotopic (exact) mass is 389 g/mol. The molecule has 100 valence electrons. The third kappa shape index (κ3) is 3.22. The maximum absolute atomic E-state index is 13.9. The number of benzene rings is 2. The van der Waals surface area contributed by atoms with Gasteiger partial charge in [0.1, 0.15) is 11.6 Å². The molecule has 2 rings (SSSR count). The Bertz CT molecular complexity index is 602. The van der Waals surface area contributed by atoms with E-state index in [-0.39, 0.29) is 6.04 Å². The number of rotatable bonds is 3. The first-order valence-corrected chi connectivity index (χ1v) is 7.18. The Kier molecular flexibility index (Phi) is 4.71. The van der Waals surface area contributed by atoms with Crippen molar-refractivity contribution in [2.75, 3.05) is 7.05 Å². The van der Waals surface area contributed by atoms with Gasteiger partial charge in [-0.1, -0.05) is 37.9 Å². The van der Waals surface area contributed by atoms with Crippen LogP contribution in [0.25, 0.3) is 0 Å². The Morgan fingerprint density at radius 3 is 2.37 bits per heavy atom. The zero-order valence-electron chi connectivity index (χ0n) is 10.1. The highest BCUT2D eigenvalue weighted by atomic mass is 79.9. The van der Waals surface area contributed by atoms with Gasteiger partial charge in [0.25, 0.3) is 0 Å². The van der Waals surface area contributed by atoms with Crippen molar-refractivity contribution in [2.24, 2.45) is 0 Å². The zero-order chi connectivity index (χ0) is 14.0. The Hall–Kier alpha value is -0.780. The average Bonchev–Trinajstić information content (AvgIpc) is 2.36. The van der Waals surface area contributed by atoms with Crippen LogP contribution in [0.15, 0.2) is 45.3 Å². The van der Waals surface area contributed by atoms with Crippen LogP contribution in [-0.4, -0.2) is 7.05 Å². The Balaban J connectivity index is 2.52. The van der Waals surface area contributed by atoms with Crippen LogP contribution in [0.5, 0.6) is 0 Å². The lowest BCUT2D eigenvalue weighted by molar-refractivity contribution is 0.551. The smallest absolute Gasteiger partial charge is 0.131 e. The number of hydrogen-bond donors (Lipinski definition) is 1. The first kappa shape index (κ1) is 14.6. The highest BCUT2D eigenvalue weighted by Crippen LogP contribution is 2.32. The lowest BCUT2D eigenvalue weighted by Crippen LogP contribution is -2.19. The van der Waals surface area contributed by atoms with Crippen molar-refractivity contribution in [2.45, 2.75) is 6.04 Å². The summed E-state index contributed by atoms with van der Waals surface area (Å²) in [4.78, 5) is 0. The van der Waals surface area contributed by atoms with E-state index in [4.69, 9.17) is 0 Å². The van der Waals surface area contributed by atoms with Gasteiger partial charge in [-0.3, -0.25) is 0 Å². The molecule has 0 radical (unpaired) electrons. The van der Waals surface area contributed by atoms with Crippen molar-refractivity contribution in [3.63, 3.8) is 0 Å². The van der Waals surface area contributed by atoms with Gasteiger partial charge in [-0.25, -0.2) is 8.78 Å². The fraction of sp³-hybridized carbons (Fsp3) is 0.143. The molecule has 0 fully saturated rings. The molecule has 0 aliphatic heterocycles. The third-order valence-corrected chi connectivity index (χ3v) is 4.05. The fourth-order valence-corrected chi connectivity index (χ4v) is 2.80. The van der Waals surface area contributed by atoms with Gasteiger partial charge in [0, 0.05) is 20.6 Å². The van der Waals surface area contributed by atoms with Gasteiger partial charge >= 0.3 is 0 Å². The molecule has 19 heavy (non-hydrogen) atoms. The van der Waals surface area contributed by atoms with E-state index in [0.717, 1.165) is 20.6 Å². The topological polar surface area (TPSA) is 12.0 Å². The van der Waals surface area contributed by atoms with Crippen molar-refractivity contribution in [3.8, 4) is 0 Å². The summed E-state index contributed by atoms with van der Waals surface area (Å²) >= 11 is 6.84. The molecular weight excluding hydrogens is 380 g/mol. The largest absolute Gasteiger partial charge is 0.309 e. The molecule has 2 aromatic carbocycles. The van der Waals surface area contributed by atoms with E-state index in [2.05, 4.69) is 37.2 Å². The maximum Gasteiger partial charge on any atom is 0.131 e. The molecule has 1 unspecified atom stereocenters. The van der Waals surface area contributed by atoms with E-state index in [0.29, 0.717) is 5.56 Å². The summed E-state index contributed by atoms with van der Waals surface area (Å²) in [7, 11) is 1.74. The van der Waals surface area contributed by atoms with Crippen molar-refractivity contribution >= 4 is 31.9 Å². The van der Waals surface area contributed by atoms with E-state index in [1.165, 1.54) is 12.1 Å². The van der Waals surface area contributed by atoms with Gasteiger partial charge in [0.15, 0.2) is 0 Å². The second kappa shape index (κ2) is 6.11. The second-order valence-electron chi connectivity index (χ2n) is 4.05. The summed E-state index contributed by atoms with van der Waals surface area (Å²) in [5.74, 6) is -1.14. The van der Waals surface area contributed by atoms with E-state index < -0.39 is 11.6 Å². The van der Waals surface area contributed by atoms with Crippen LogP contribution in [0.3, 0.4) is 0 Å². The Morgan fingerprint density at radius 2 is 1.74 bits per heavy atom. The molecule has 0 spiro atoms. The minimum absolute atomic E-state index is 0.354. The normalized spacial score (nSPS) is 12.5. The number of nitrogens with one attached hydrogen (secondary N) is 1. The van der Waals surface area contributed by atoms with E-state index in [1.807, 2.05) is 18.2 Å². The molecule has 0 saturated carbocycles. The zero-order valence-corrected chi connectivity index (χ0v) is 13.2. The highest BCUT2D eigenvalue weighted by Gasteiger charge is 2.19. The third-order valence-electron chi connectivity index (χ3n) is 2.83. The quantitative estimate of drug-likeness (QED) is 0.793. The molecule has 2 aromatic rings. The molecule has 0 aliphatic rings. The fourth-order valence-electron chi connectivity index (χ4n) is 1.95. The van der Waals surface area contributed by atoms with Crippen LogP contribution in [0, 0.1) is 11.6 Å². The molecule has 5 heteroatoms. The predicted molar refractivity (Wildman–Crippen MR) is 79.1 cm³/mol. The van der Waals surface area contributed by atoms with Crippen LogP contribution in [-0.2, 0) is 0 Å². The van der Waals surface area contributed by atoms with Crippen LogP contribution in [0.4, 0.5) is 8.78 Å². The number of halogens is 4. The summed E-state index contributed by atoms with van der Waals surface area (Å²) in [6.07, 6.45) is 0. The van der Waals surface area contributed by atoms with Crippen LogP contribution < -0.4 is 5.32 Å². The molecule has 1 N–H and O–H groups in total. The lowest BCUT2D eigenvalue weighted by Gasteiger charge is -2.19. The van der Waals surface area contributed by atoms with E-state index in [1.54, 1.807) is 7.05 Å². The molecule has 0 heterocycles. The summed E-state index contributed by atoms with van der Waals surface area (Å²) in [6.45, 7) is 0. The summed E-state index contributed by atoms with van der Waals surface area (Å²) in [5.41, 5.74) is 1.28. The first-order chi connectivity index (χ1) is 9.02. The summed E-state index contributed by atoms with van der Waals surface area (Å²) < 4.78 is 28.6. The first-order valence-electron chi connectivity index (χ1n) is 5.60. The predicted octanol–water partition coefficient (Wildman–Crippen LogP) is 4.80. The van der Waals surface area contributed by atoms with Crippen LogP contribution in [0.2, 0.25) is 0 Å². The molecule has 0 aromatic heterocycles. The summed E-state index contributed by atoms with van der Waals surface area (Å²) in [6, 6.07) is 8.92. The molecule has 0 saturated heterocycles. The minimum atomic E-state index is -0.579. The van der Waals surface area contributed by atoms with Gasteiger partial charge in [-0.05, 0) is 36.9 Å². The lowest BCUT2D eigenvalue weighted by atomic mass is 9.98. The van der Waals surface area contributed by atoms with Gasteiger partial charge in [-0.2, -0.15) is 0 Å². The Labute approximate surface area is 127 Å². The molecule has 1 nitrogen and oxygen atoms in total. The second-order valence-corrected chi connectivity index (χ2v) is 5.82. The van der Waals surface area contributed by atoms with Gasteiger partial charge in [-0.15, -0.1) is 0 Å². The van der Waals surface area contributed by atoms with Crippen molar-refractivity contribution in [1.82, 2.24) is 5.32 Å². The van der Waals surface area contributed by atoms with Gasteiger partial charge < -0.3 is 5.32 Å². The molecule has 0 bridgehead atoms. The van der Waals surface area contributed by atoms with Crippen molar-refractivity contribution < 1.29 is 8.78 Å². The van der Waals surface area contributed by atoms with Gasteiger partial charge in [0.05, 0.1) is 6.04 Å². The Morgan fingerprint density at radius 1 is 1.00 bits per heavy atom. The van der Waals surface area contributed by atoms with E-state index >= 15 is 0 Å². The number of hydrogen-bond acceptors (Lipinski definition) is 1. The maximum atomic E-state index is 13.9. The average molecular weight is 391 g/mol. The van der Waals surface area contributed by atoms with Crippen molar-refractivity contribution in [3.05, 3.63) is 68.1 Å². The van der Waals surface area contributed by atoms with Crippen LogP contribution in [0.1, 0.15) is 17.2 Å². The molecular formula is C14H11Br2F2N. The summed E-state index contributed by atoms with van der Waals surface area (Å²) in [5, 5.41) is 3.05. The SMILES string of the molecule is CNC(c1ccc(F)cc1F)c1cc(Br)ccc1Br. The molecule has 0 amide bonds. The van der Waals surface area contributed by atoms with Crippen LogP contribution >= 0.6 is 31.9 Å². The van der Waals surface area contributed by atoms with E-state index in [9.17, 15) is 8.78 Å². The molecule has 0 aliphatic carbocycles. The standard InChI is InChI=1S/C14H11Br2F2N/c1-19-14(10-4-3-9(17)7-13(10)18)11-6-8(15)2-5-12(11)16/h2-7,14,19H,1H3. The highest BCUT2D eigenvalue weighted by molar-refractivity contribution is 9.11. The van der Waals surface area contributed by atoms with Gasteiger partial charge in [0.2, 0.25) is 0 Å². The minimum Gasteiger partial charge on any atom is -0.309 e.